The van der Waals surface area contributed by atoms with E-state index in [1.54, 1.807) is 36.1 Å². The molecule has 0 aromatic heterocycles. The molecule has 7 heteroatoms. The zero-order chi connectivity index (χ0) is 18.3. The van der Waals surface area contributed by atoms with E-state index < -0.39 is 11.9 Å². The maximum atomic E-state index is 13.4. The molecular weight excluding hydrogens is 339 g/mol. The van der Waals surface area contributed by atoms with Gasteiger partial charge in [-0.05, 0) is 37.3 Å². The minimum Gasteiger partial charge on any atom is -0.454 e. The fraction of sp³-hybridized carbons (Fsp3) is 0.263. The van der Waals surface area contributed by atoms with Gasteiger partial charge in [-0.1, -0.05) is 6.07 Å². The highest BCUT2D eigenvalue weighted by molar-refractivity contribution is 6.03. The zero-order valence-corrected chi connectivity index (χ0v) is 14.1. The summed E-state index contributed by atoms with van der Waals surface area (Å²) < 4.78 is 24.0. The number of carbonyl (C=O) groups excluding carboxylic acids is 2. The summed E-state index contributed by atoms with van der Waals surface area (Å²) in [7, 11) is 0. The lowest BCUT2D eigenvalue weighted by Gasteiger charge is -2.39. The molecule has 1 atom stereocenters. The summed E-state index contributed by atoms with van der Waals surface area (Å²) in [6.07, 6.45) is 0. The summed E-state index contributed by atoms with van der Waals surface area (Å²) in [5.74, 6) is 0.222. The Morgan fingerprint density at radius 1 is 1.12 bits per heavy atom. The lowest BCUT2D eigenvalue weighted by Crippen LogP contribution is -2.57. The normalized spacial score (nSPS) is 19.0. The van der Waals surface area contributed by atoms with Crippen LogP contribution in [-0.2, 0) is 4.79 Å². The Bertz CT molecular complexity index is 886. The fourth-order valence-electron chi connectivity index (χ4n) is 3.24. The number of hydrogen-bond donors (Lipinski definition) is 0. The van der Waals surface area contributed by atoms with Crippen LogP contribution in [0, 0.1) is 5.82 Å². The van der Waals surface area contributed by atoms with Gasteiger partial charge in [0.05, 0.1) is 0 Å². The minimum absolute atomic E-state index is 0.166. The van der Waals surface area contributed by atoms with Crippen molar-refractivity contribution in [1.82, 2.24) is 4.90 Å². The molecule has 0 spiro atoms. The highest BCUT2D eigenvalue weighted by atomic mass is 19.1. The van der Waals surface area contributed by atoms with Gasteiger partial charge in [0, 0.05) is 30.4 Å². The second-order valence-corrected chi connectivity index (χ2v) is 6.21. The van der Waals surface area contributed by atoms with Crippen LogP contribution in [0.25, 0.3) is 0 Å². The first-order chi connectivity index (χ1) is 12.5. The van der Waals surface area contributed by atoms with Crippen LogP contribution >= 0.6 is 0 Å². The second kappa shape index (κ2) is 6.33. The van der Waals surface area contributed by atoms with Crippen LogP contribution in [0.2, 0.25) is 0 Å². The maximum absolute atomic E-state index is 13.4. The van der Waals surface area contributed by atoms with E-state index in [0.29, 0.717) is 30.3 Å². The number of hydrogen-bond acceptors (Lipinski definition) is 4. The average molecular weight is 356 g/mol. The summed E-state index contributed by atoms with van der Waals surface area (Å²) in [5, 5.41) is 0. The van der Waals surface area contributed by atoms with E-state index in [2.05, 4.69) is 0 Å². The smallest absolute Gasteiger partial charge is 0.254 e. The number of nitrogens with zero attached hydrogens (tertiary/aromatic N) is 2. The van der Waals surface area contributed by atoms with Gasteiger partial charge in [-0.25, -0.2) is 4.39 Å². The van der Waals surface area contributed by atoms with Crippen LogP contribution in [0.1, 0.15) is 17.3 Å². The van der Waals surface area contributed by atoms with E-state index in [-0.39, 0.29) is 24.2 Å². The molecule has 2 aromatic rings. The Labute approximate surface area is 149 Å². The summed E-state index contributed by atoms with van der Waals surface area (Å²) >= 11 is 0. The molecule has 0 bridgehead atoms. The molecule has 134 valence electrons. The van der Waals surface area contributed by atoms with E-state index in [0.717, 1.165) is 0 Å². The van der Waals surface area contributed by atoms with Crippen molar-refractivity contribution in [2.75, 3.05) is 24.8 Å². The van der Waals surface area contributed by atoms with Gasteiger partial charge in [0.2, 0.25) is 12.7 Å². The fourth-order valence-corrected chi connectivity index (χ4v) is 3.24. The third-order valence-electron chi connectivity index (χ3n) is 4.66. The van der Waals surface area contributed by atoms with Crippen molar-refractivity contribution in [2.24, 2.45) is 0 Å². The van der Waals surface area contributed by atoms with Crippen LogP contribution in [0.15, 0.2) is 42.5 Å². The Kier molecular flexibility index (Phi) is 3.99. The Morgan fingerprint density at radius 3 is 2.73 bits per heavy atom. The molecule has 2 amide bonds. The van der Waals surface area contributed by atoms with Crippen molar-refractivity contribution in [2.45, 2.75) is 13.0 Å². The number of ether oxygens (including phenoxy) is 2. The minimum atomic E-state index is -0.648. The Balaban J connectivity index is 1.54. The number of amides is 2. The summed E-state index contributed by atoms with van der Waals surface area (Å²) in [5.41, 5.74) is 0.935. The van der Waals surface area contributed by atoms with Gasteiger partial charge in [-0.15, -0.1) is 0 Å². The first kappa shape index (κ1) is 16.4. The maximum Gasteiger partial charge on any atom is 0.254 e. The SMILES string of the molecule is CC1C(=O)N(c2ccc3c(c2)OCO3)CCN1C(=O)c1cccc(F)c1. The molecule has 0 N–H and O–H groups in total. The zero-order valence-electron chi connectivity index (χ0n) is 14.1. The molecule has 0 radical (unpaired) electrons. The molecule has 2 aliphatic heterocycles. The predicted octanol–water partition coefficient (Wildman–Crippen LogP) is 2.43. The van der Waals surface area contributed by atoms with Crippen molar-refractivity contribution >= 4 is 17.5 Å². The van der Waals surface area contributed by atoms with E-state index in [9.17, 15) is 14.0 Å². The van der Waals surface area contributed by atoms with Gasteiger partial charge >= 0.3 is 0 Å². The van der Waals surface area contributed by atoms with E-state index in [4.69, 9.17) is 9.47 Å². The summed E-state index contributed by atoms with van der Waals surface area (Å²) in [4.78, 5) is 28.6. The molecule has 26 heavy (non-hydrogen) atoms. The van der Waals surface area contributed by atoms with Gasteiger partial charge < -0.3 is 19.3 Å². The molecule has 1 unspecified atom stereocenters. The van der Waals surface area contributed by atoms with Crippen molar-refractivity contribution < 1.29 is 23.5 Å². The van der Waals surface area contributed by atoms with Gasteiger partial charge in [0.25, 0.3) is 5.91 Å². The third-order valence-corrected chi connectivity index (χ3v) is 4.66. The van der Waals surface area contributed by atoms with Gasteiger partial charge in [-0.2, -0.15) is 0 Å². The average Bonchev–Trinajstić information content (AvgIpc) is 3.11. The molecule has 2 aliphatic rings. The molecule has 4 rings (SSSR count). The van der Waals surface area contributed by atoms with Crippen molar-refractivity contribution in [3.8, 4) is 11.5 Å². The van der Waals surface area contributed by atoms with Crippen LogP contribution in [-0.4, -0.2) is 42.6 Å². The first-order valence-corrected chi connectivity index (χ1v) is 8.32. The molecular formula is C19H17FN2O4. The molecule has 2 aromatic carbocycles. The number of carbonyl (C=O) groups is 2. The van der Waals surface area contributed by atoms with E-state index >= 15 is 0 Å². The quantitative estimate of drug-likeness (QED) is 0.829. The summed E-state index contributed by atoms with van der Waals surface area (Å²) in [6.45, 7) is 2.55. The number of halogens is 1. The largest absolute Gasteiger partial charge is 0.454 e. The van der Waals surface area contributed by atoms with Crippen LogP contribution < -0.4 is 14.4 Å². The van der Waals surface area contributed by atoms with Gasteiger partial charge in [-0.3, -0.25) is 9.59 Å². The number of rotatable bonds is 2. The lowest BCUT2D eigenvalue weighted by atomic mass is 10.1. The molecule has 0 saturated carbocycles. The van der Waals surface area contributed by atoms with Gasteiger partial charge in [0.15, 0.2) is 11.5 Å². The molecule has 1 fully saturated rings. The topological polar surface area (TPSA) is 59.1 Å². The van der Waals surface area contributed by atoms with Crippen molar-refractivity contribution in [1.29, 1.82) is 0 Å². The van der Waals surface area contributed by atoms with E-state index in [1.807, 2.05) is 0 Å². The predicted molar refractivity (Wildman–Crippen MR) is 91.8 cm³/mol. The molecule has 2 heterocycles. The number of piperazine rings is 1. The van der Waals surface area contributed by atoms with E-state index in [1.165, 1.54) is 23.1 Å². The van der Waals surface area contributed by atoms with Crippen LogP contribution in [0.4, 0.5) is 10.1 Å². The molecule has 6 nitrogen and oxygen atoms in total. The monoisotopic (exact) mass is 356 g/mol. The molecule has 0 aliphatic carbocycles. The number of benzene rings is 2. The number of anilines is 1. The third kappa shape index (κ3) is 2.75. The number of fused-ring (bicyclic) bond motifs is 1. The Morgan fingerprint density at radius 2 is 1.92 bits per heavy atom. The highest BCUT2D eigenvalue weighted by Crippen LogP contribution is 2.36. The van der Waals surface area contributed by atoms with Crippen LogP contribution in [0.5, 0.6) is 11.5 Å². The Hall–Kier alpha value is -3.09. The van der Waals surface area contributed by atoms with Crippen LogP contribution in [0.3, 0.4) is 0 Å². The van der Waals surface area contributed by atoms with Crippen molar-refractivity contribution in [3.63, 3.8) is 0 Å². The summed E-state index contributed by atoms with van der Waals surface area (Å²) in [6, 6.07) is 10.2. The standard InChI is InChI=1S/C19H17FN2O4/c1-12-18(23)22(15-5-6-16-17(10-15)26-11-25-16)8-7-21(12)19(24)13-3-2-4-14(20)9-13/h2-6,9-10,12H,7-8,11H2,1H3. The molecule has 1 saturated heterocycles. The van der Waals surface area contributed by atoms with Gasteiger partial charge in [0.1, 0.15) is 11.9 Å². The highest BCUT2D eigenvalue weighted by Gasteiger charge is 2.35. The second-order valence-electron chi connectivity index (χ2n) is 6.21. The first-order valence-electron chi connectivity index (χ1n) is 8.32. The lowest BCUT2D eigenvalue weighted by molar-refractivity contribution is -0.124. The van der Waals surface area contributed by atoms with Crippen molar-refractivity contribution in [3.05, 3.63) is 53.8 Å².